The number of aromatic nitrogens is 5. The van der Waals surface area contributed by atoms with E-state index in [1.165, 1.54) is 0 Å². The van der Waals surface area contributed by atoms with Crippen LogP contribution in [0, 0.1) is 0 Å². The van der Waals surface area contributed by atoms with E-state index in [0.717, 1.165) is 66.9 Å². The fraction of sp³-hybridized carbons (Fsp3) is 0.316. The number of nitrogens with zero attached hydrogens (tertiary/aromatic N) is 6. The van der Waals surface area contributed by atoms with E-state index >= 15 is 0 Å². The van der Waals surface area contributed by atoms with Crippen molar-refractivity contribution in [3.05, 3.63) is 42.9 Å². The maximum absolute atomic E-state index is 6.21. The van der Waals surface area contributed by atoms with Crippen molar-refractivity contribution in [1.29, 1.82) is 0 Å². The molecule has 2 N–H and O–H groups in total. The third kappa shape index (κ3) is 3.02. The van der Waals surface area contributed by atoms with Gasteiger partial charge in [-0.3, -0.25) is 9.58 Å². The van der Waals surface area contributed by atoms with Crippen LogP contribution in [-0.4, -0.2) is 62.3 Å². The Morgan fingerprint density at radius 3 is 2.81 bits per heavy atom. The molecule has 0 spiro atoms. The Labute approximate surface area is 156 Å². The van der Waals surface area contributed by atoms with E-state index in [1.54, 1.807) is 6.20 Å². The summed E-state index contributed by atoms with van der Waals surface area (Å²) in [4.78, 5) is 6.97. The van der Waals surface area contributed by atoms with Crippen molar-refractivity contribution in [1.82, 2.24) is 29.4 Å². The van der Waals surface area contributed by atoms with Crippen LogP contribution in [0.2, 0.25) is 0 Å². The van der Waals surface area contributed by atoms with Gasteiger partial charge in [-0.2, -0.15) is 10.2 Å². The number of pyridine rings is 1. The second-order valence-electron chi connectivity index (χ2n) is 6.76. The van der Waals surface area contributed by atoms with Gasteiger partial charge in [0.1, 0.15) is 5.52 Å². The van der Waals surface area contributed by atoms with Crippen molar-refractivity contribution in [2.45, 2.75) is 6.54 Å². The van der Waals surface area contributed by atoms with Gasteiger partial charge in [0.15, 0.2) is 5.82 Å². The second kappa shape index (κ2) is 6.64. The van der Waals surface area contributed by atoms with E-state index in [9.17, 15) is 0 Å². The Kier molecular flexibility index (Phi) is 3.99. The molecule has 8 heteroatoms. The first kappa shape index (κ1) is 16.2. The van der Waals surface area contributed by atoms with Crippen molar-refractivity contribution < 1.29 is 4.74 Å². The van der Waals surface area contributed by atoms with Gasteiger partial charge in [-0.1, -0.05) is 0 Å². The average molecular weight is 363 g/mol. The Bertz CT molecular complexity index is 1080. The molecule has 0 radical (unpaired) electrons. The highest BCUT2D eigenvalue weighted by molar-refractivity contribution is 6.08. The summed E-state index contributed by atoms with van der Waals surface area (Å²) >= 11 is 0. The molecule has 4 heterocycles. The van der Waals surface area contributed by atoms with Crippen LogP contribution in [0.1, 0.15) is 0 Å². The van der Waals surface area contributed by atoms with Crippen LogP contribution in [-0.2, 0) is 11.3 Å². The minimum absolute atomic E-state index is 0.459. The van der Waals surface area contributed by atoms with Gasteiger partial charge in [-0.15, -0.1) is 0 Å². The van der Waals surface area contributed by atoms with Crippen LogP contribution in [0.3, 0.4) is 0 Å². The van der Waals surface area contributed by atoms with Crippen molar-refractivity contribution >= 4 is 27.6 Å². The molecular formula is C19H21N7O. The SMILES string of the molecule is Nc1nc2cc(-n3cccn3)ccc2c2cn(CCN3CCOCC3)nc12. The second-order valence-corrected chi connectivity index (χ2v) is 6.76. The van der Waals surface area contributed by atoms with Crippen LogP contribution < -0.4 is 5.73 Å². The van der Waals surface area contributed by atoms with Crippen LogP contribution in [0.5, 0.6) is 0 Å². The molecular weight excluding hydrogens is 342 g/mol. The van der Waals surface area contributed by atoms with E-state index in [4.69, 9.17) is 10.5 Å². The molecule has 1 aromatic carbocycles. The number of fused-ring (bicyclic) bond motifs is 3. The highest BCUT2D eigenvalue weighted by Crippen LogP contribution is 2.28. The minimum atomic E-state index is 0.459. The standard InChI is InChI=1S/C19H21N7O/c20-19-18-16(13-25(23-18)7-6-24-8-10-27-11-9-24)15-3-2-14(12-17(15)22-19)26-5-1-4-21-26/h1-5,12-13H,6-11H2,(H2,20,22). The molecule has 3 aromatic heterocycles. The summed E-state index contributed by atoms with van der Waals surface area (Å²) in [6.45, 7) is 5.34. The Morgan fingerprint density at radius 2 is 2.00 bits per heavy atom. The monoisotopic (exact) mass is 363 g/mol. The maximum atomic E-state index is 6.21. The Morgan fingerprint density at radius 1 is 1.11 bits per heavy atom. The number of hydrogen-bond acceptors (Lipinski definition) is 6. The highest BCUT2D eigenvalue weighted by atomic mass is 16.5. The molecule has 138 valence electrons. The first-order valence-corrected chi connectivity index (χ1v) is 9.14. The van der Waals surface area contributed by atoms with E-state index in [-0.39, 0.29) is 0 Å². The zero-order valence-electron chi connectivity index (χ0n) is 15.0. The summed E-state index contributed by atoms with van der Waals surface area (Å²) in [5.41, 5.74) is 8.77. The molecule has 5 rings (SSSR count). The summed E-state index contributed by atoms with van der Waals surface area (Å²) in [7, 11) is 0. The lowest BCUT2D eigenvalue weighted by Crippen LogP contribution is -2.38. The fourth-order valence-corrected chi connectivity index (χ4v) is 3.58. The van der Waals surface area contributed by atoms with Gasteiger partial charge in [0.2, 0.25) is 0 Å². The lowest BCUT2D eigenvalue weighted by Gasteiger charge is -2.26. The zero-order valence-corrected chi connectivity index (χ0v) is 15.0. The molecule has 8 nitrogen and oxygen atoms in total. The normalized spacial score (nSPS) is 15.7. The summed E-state index contributed by atoms with van der Waals surface area (Å²) in [5, 5.41) is 11.0. The predicted octanol–water partition coefficient (Wildman–Crippen LogP) is 1.68. The van der Waals surface area contributed by atoms with E-state index in [0.29, 0.717) is 5.82 Å². The Balaban J connectivity index is 1.49. The fourth-order valence-electron chi connectivity index (χ4n) is 3.58. The molecule has 27 heavy (non-hydrogen) atoms. The summed E-state index contributed by atoms with van der Waals surface area (Å²) in [6.07, 6.45) is 5.74. The van der Waals surface area contributed by atoms with Crippen LogP contribution in [0.15, 0.2) is 42.9 Å². The lowest BCUT2D eigenvalue weighted by atomic mass is 10.1. The predicted molar refractivity (Wildman–Crippen MR) is 104 cm³/mol. The number of hydrogen-bond donors (Lipinski definition) is 1. The first-order valence-electron chi connectivity index (χ1n) is 9.14. The summed E-state index contributed by atoms with van der Waals surface area (Å²) in [5.74, 6) is 0.459. The van der Waals surface area contributed by atoms with Gasteiger partial charge in [0.25, 0.3) is 0 Å². The summed E-state index contributed by atoms with van der Waals surface area (Å²) in [6, 6.07) is 8.00. The van der Waals surface area contributed by atoms with Gasteiger partial charge in [-0.25, -0.2) is 9.67 Å². The molecule has 1 aliphatic heterocycles. The van der Waals surface area contributed by atoms with E-state index < -0.39 is 0 Å². The summed E-state index contributed by atoms with van der Waals surface area (Å²) < 4.78 is 9.19. The third-order valence-electron chi connectivity index (χ3n) is 5.03. The van der Waals surface area contributed by atoms with Gasteiger partial charge in [0, 0.05) is 49.0 Å². The number of nitrogen functional groups attached to an aromatic ring is 1. The maximum Gasteiger partial charge on any atom is 0.152 e. The van der Waals surface area contributed by atoms with Gasteiger partial charge in [0.05, 0.1) is 31.0 Å². The molecule has 4 aromatic rings. The van der Waals surface area contributed by atoms with Gasteiger partial charge >= 0.3 is 0 Å². The number of ether oxygens (including phenoxy) is 1. The Hall–Kier alpha value is -2.97. The minimum Gasteiger partial charge on any atom is -0.382 e. The number of benzene rings is 1. The molecule has 0 atom stereocenters. The third-order valence-corrected chi connectivity index (χ3v) is 5.03. The molecule has 1 saturated heterocycles. The molecule has 0 saturated carbocycles. The van der Waals surface area contributed by atoms with Crippen LogP contribution in [0.25, 0.3) is 27.5 Å². The number of nitrogens with two attached hydrogens (primary N) is 1. The smallest absolute Gasteiger partial charge is 0.152 e. The molecule has 0 aliphatic carbocycles. The molecule has 1 fully saturated rings. The van der Waals surface area contributed by atoms with E-state index in [1.807, 2.05) is 33.8 Å². The molecule has 0 unspecified atom stereocenters. The van der Waals surface area contributed by atoms with Crippen molar-refractivity contribution in [3.8, 4) is 5.69 Å². The van der Waals surface area contributed by atoms with Crippen molar-refractivity contribution in [2.24, 2.45) is 0 Å². The average Bonchev–Trinajstić information content (AvgIpc) is 3.37. The highest BCUT2D eigenvalue weighted by Gasteiger charge is 2.14. The van der Waals surface area contributed by atoms with Gasteiger partial charge < -0.3 is 10.5 Å². The lowest BCUT2D eigenvalue weighted by molar-refractivity contribution is 0.0360. The number of rotatable bonds is 4. The van der Waals surface area contributed by atoms with E-state index in [2.05, 4.69) is 32.3 Å². The van der Waals surface area contributed by atoms with Crippen LogP contribution >= 0.6 is 0 Å². The van der Waals surface area contributed by atoms with Crippen LogP contribution in [0.4, 0.5) is 5.82 Å². The number of anilines is 1. The largest absolute Gasteiger partial charge is 0.382 e. The quantitative estimate of drug-likeness (QED) is 0.594. The molecule has 0 amide bonds. The van der Waals surface area contributed by atoms with Gasteiger partial charge in [-0.05, 0) is 24.3 Å². The zero-order chi connectivity index (χ0) is 18.2. The first-order chi connectivity index (χ1) is 13.3. The van der Waals surface area contributed by atoms with Crippen molar-refractivity contribution in [3.63, 3.8) is 0 Å². The number of morpholine rings is 1. The van der Waals surface area contributed by atoms with Crippen molar-refractivity contribution in [2.75, 3.05) is 38.6 Å². The molecule has 1 aliphatic rings. The topological polar surface area (TPSA) is 87.0 Å². The molecule has 0 bridgehead atoms.